The smallest absolute Gasteiger partial charge is 0.231 e. The molecular weight excluding hydrogens is 430 g/mol. The third-order valence-corrected chi connectivity index (χ3v) is 5.90. The molecule has 5 rings (SSSR count). The summed E-state index contributed by atoms with van der Waals surface area (Å²) in [6, 6.07) is 15.7. The maximum Gasteiger partial charge on any atom is 0.231 e. The highest BCUT2D eigenvalue weighted by Crippen LogP contribution is 2.33. The van der Waals surface area contributed by atoms with Gasteiger partial charge < -0.3 is 15.0 Å². The van der Waals surface area contributed by atoms with Crippen LogP contribution in [0.1, 0.15) is 17.5 Å². The fourth-order valence-corrected chi connectivity index (χ4v) is 4.22. The van der Waals surface area contributed by atoms with Crippen molar-refractivity contribution in [3.63, 3.8) is 0 Å². The molecule has 0 unspecified atom stereocenters. The van der Waals surface area contributed by atoms with Crippen molar-refractivity contribution in [2.75, 3.05) is 23.9 Å². The van der Waals surface area contributed by atoms with Gasteiger partial charge in [0.05, 0.1) is 44.1 Å². The molecular formula is C25H23N7O2. The van der Waals surface area contributed by atoms with Gasteiger partial charge in [0.2, 0.25) is 5.91 Å². The number of aryl methyl sites for hydroxylation is 1. The highest BCUT2D eigenvalue weighted by atomic mass is 16.5. The number of rotatable bonds is 7. The maximum atomic E-state index is 13.1. The Hall–Kier alpha value is -4.45. The van der Waals surface area contributed by atoms with Crippen molar-refractivity contribution < 1.29 is 9.53 Å². The summed E-state index contributed by atoms with van der Waals surface area (Å²) >= 11 is 0. The number of anilines is 3. The van der Waals surface area contributed by atoms with E-state index >= 15 is 0 Å². The number of amides is 1. The molecule has 4 aromatic rings. The van der Waals surface area contributed by atoms with Crippen LogP contribution in [0.4, 0.5) is 17.2 Å². The van der Waals surface area contributed by atoms with Gasteiger partial charge in [-0.05, 0) is 41.8 Å². The highest BCUT2D eigenvalue weighted by molar-refractivity contribution is 5.97. The molecule has 0 saturated carbocycles. The monoisotopic (exact) mass is 453 g/mol. The van der Waals surface area contributed by atoms with Gasteiger partial charge in [-0.2, -0.15) is 10.4 Å². The lowest BCUT2D eigenvalue weighted by Gasteiger charge is -2.18. The van der Waals surface area contributed by atoms with Crippen LogP contribution in [0, 0.1) is 11.3 Å². The van der Waals surface area contributed by atoms with Gasteiger partial charge in [0.25, 0.3) is 0 Å². The average Bonchev–Trinajstić information content (AvgIpc) is 3.47. The number of methoxy groups -OCH3 is 1. The molecule has 9 heteroatoms. The predicted octanol–water partition coefficient (Wildman–Crippen LogP) is 3.62. The van der Waals surface area contributed by atoms with Crippen LogP contribution in [0.5, 0.6) is 5.75 Å². The van der Waals surface area contributed by atoms with E-state index in [0.29, 0.717) is 37.4 Å². The quantitative estimate of drug-likeness (QED) is 0.455. The zero-order valence-corrected chi connectivity index (χ0v) is 18.7. The van der Waals surface area contributed by atoms with Gasteiger partial charge in [0.15, 0.2) is 5.65 Å². The van der Waals surface area contributed by atoms with Gasteiger partial charge in [-0.3, -0.25) is 4.79 Å². The standard InChI is InChI=1S/C25H23N7O2/c1-34-20-5-2-4-17(12-20)13-23(33)31-11-8-18-6-7-19(14-22(18)31)30-24-21-15-29-32(10-3-9-26)25(21)28-16-27-24/h2,4-7,12,14-16H,3,8,10-11,13H2,1H3,(H,27,28,30). The number of nitriles is 1. The third kappa shape index (κ3) is 4.13. The number of nitrogens with one attached hydrogen (secondary N) is 1. The summed E-state index contributed by atoms with van der Waals surface area (Å²) in [7, 11) is 1.62. The Labute approximate surface area is 196 Å². The molecule has 0 saturated heterocycles. The molecule has 1 aliphatic heterocycles. The number of aromatic nitrogens is 4. The van der Waals surface area contributed by atoms with Gasteiger partial charge in [0.1, 0.15) is 17.9 Å². The first-order valence-corrected chi connectivity index (χ1v) is 11.0. The lowest BCUT2D eigenvalue weighted by molar-refractivity contribution is -0.117. The van der Waals surface area contributed by atoms with Crippen LogP contribution < -0.4 is 15.0 Å². The molecule has 170 valence electrons. The Morgan fingerprint density at radius 3 is 3.00 bits per heavy atom. The number of ether oxygens (including phenoxy) is 1. The van der Waals surface area contributed by atoms with Crippen LogP contribution >= 0.6 is 0 Å². The van der Waals surface area contributed by atoms with Crippen molar-refractivity contribution in [2.24, 2.45) is 0 Å². The van der Waals surface area contributed by atoms with Crippen molar-refractivity contribution in [1.29, 1.82) is 5.26 Å². The third-order valence-electron chi connectivity index (χ3n) is 5.90. The van der Waals surface area contributed by atoms with Crippen molar-refractivity contribution in [3.05, 3.63) is 66.1 Å². The molecule has 2 aromatic carbocycles. The first-order valence-electron chi connectivity index (χ1n) is 11.0. The van der Waals surface area contributed by atoms with Crippen LogP contribution in [0.25, 0.3) is 11.0 Å². The molecule has 1 N–H and O–H groups in total. The first-order chi connectivity index (χ1) is 16.7. The average molecular weight is 454 g/mol. The second-order valence-corrected chi connectivity index (χ2v) is 8.03. The Morgan fingerprint density at radius 2 is 2.15 bits per heavy atom. The minimum absolute atomic E-state index is 0.0485. The van der Waals surface area contributed by atoms with Gasteiger partial charge in [0, 0.05) is 17.9 Å². The van der Waals surface area contributed by atoms with E-state index in [0.717, 1.165) is 40.1 Å². The SMILES string of the molecule is COc1cccc(CC(=O)N2CCc3ccc(Nc4ncnc5c4cnn5CCC#N)cc32)c1. The lowest BCUT2D eigenvalue weighted by atomic mass is 10.1. The summed E-state index contributed by atoms with van der Waals surface area (Å²) in [6.07, 6.45) is 4.67. The number of carbonyl (C=O) groups is 1. The minimum Gasteiger partial charge on any atom is -0.497 e. The normalized spacial score (nSPS) is 12.4. The fourth-order valence-electron chi connectivity index (χ4n) is 4.22. The zero-order valence-electron chi connectivity index (χ0n) is 18.7. The fraction of sp³-hybridized carbons (Fsp3) is 0.240. The number of carbonyl (C=O) groups excluding carboxylic acids is 1. The topological polar surface area (TPSA) is 109 Å². The molecule has 3 heterocycles. The zero-order chi connectivity index (χ0) is 23.5. The number of hydrogen-bond acceptors (Lipinski definition) is 7. The molecule has 0 bridgehead atoms. The molecule has 0 radical (unpaired) electrons. The van der Waals surface area contributed by atoms with Gasteiger partial charge >= 0.3 is 0 Å². The molecule has 2 aromatic heterocycles. The summed E-state index contributed by atoms with van der Waals surface area (Å²) in [5, 5.41) is 17.3. The van der Waals surface area contributed by atoms with Crippen molar-refractivity contribution in [1.82, 2.24) is 19.7 Å². The molecule has 34 heavy (non-hydrogen) atoms. The summed E-state index contributed by atoms with van der Waals surface area (Å²) in [4.78, 5) is 23.7. The molecule has 0 aliphatic carbocycles. The van der Waals surface area contributed by atoms with Crippen molar-refractivity contribution >= 4 is 34.1 Å². The van der Waals surface area contributed by atoms with E-state index < -0.39 is 0 Å². The highest BCUT2D eigenvalue weighted by Gasteiger charge is 2.25. The molecule has 9 nitrogen and oxygen atoms in total. The van der Waals surface area contributed by atoms with Gasteiger partial charge in [-0.15, -0.1) is 0 Å². The number of hydrogen-bond donors (Lipinski definition) is 1. The van der Waals surface area contributed by atoms with Crippen LogP contribution in [-0.2, 0) is 24.2 Å². The van der Waals surface area contributed by atoms with Crippen LogP contribution in [0.15, 0.2) is 55.0 Å². The van der Waals surface area contributed by atoms with Crippen molar-refractivity contribution in [3.8, 4) is 11.8 Å². The van der Waals surface area contributed by atoms with E-state index in [-0.39, 0.29) is 5.91 Å². The van der Waals surface area contributed by atoms with Crippen LogP contribution in [-0.4, -0.2) is 39.3 Å². The molecule has 0 fully saturated rings. The van der Waals surface area contributed by atoms with E-state index in [2.05, 4.69) is 26.5 Å². The Balaban J connectivity index is 1.37. The maximum absolute atomic E-state index is 13.1. The summed E-state index contributed by atoms with van der Waals surface area (Å²) in [6.45, 7) is 1.13. The summed E-state index contributed by atoms with van der Waals surface area (Å²) in [5.41, 5.74) is 4.46. The number of benzene rings is 2. The number of fused-ring (bicyclic) bond motifs is 2. The number of nitrogens with zero attached hydrogens (tertiary/aromatic N) is 6. The van der Waals surface area contributed by atoms with E-state index in [1.165, 1.54) is 6.33 Å². The second kappa shape index (κ2) is 9.19. The van der Waals surface area contributed by atoms with E-state index in [4.69, 9.17) is 10.00 Å². The molecule has 0 spiro atoms. The molecule has 1 amide bonds. The second-order valence-electron chi connectivity index (χ2n) is 8.03. The van der Waals surface area contributed by atoms with Gasteiger partial charge in [-0.25, -0.2) is 14.6 Å². The predicted molar refractivity (Wildman–Crippen MR) is 128 cm³/mol. The largest absolute Gasteiger partial charge is 0.497 e. The van der Waals surface area contributed by atoms with Crippen LogP contribution in [0.3, 0.4) is 0 Å². The Kier molecular flexibility index (Phi) is 5.79. The van der Waals surface area contributed by atoms with Crippen molar-refractivity contribution in [2.45, 2.75) is 25.8 Å². The lowest BCUT2D eigenvalue weighted by Crippen LogP contribution is -2.30. The Bertz CT molecular complexity index is 1410. The van der Waals surface area contributed by atoms with E-state index in [9.17, 15) is 4.79 Å². The van der Waals surface area contributed by atoms with E-state index in [1.807, 2.05) is 47.4 Å². The summed E-state index contributed by atoms with van der Waals surface area (Å²) in [5.74, 6) is 1.42. The molecule has 0 atom stereocenters. The summed E-state index contributed by atoms with van der Waals surface area (Å²) < 4.78 is 6.98. The van der Waals surface area contributed by atoms with E-state index in [1.54, 1.807) is 18.0 Å². The Morgan fingerprint density at radius 1 is 1.24 bits per heavy atom. The molecule has 1 aliphatic rings. The van der Waals surface area contributed by atoms with Gasteiger partial charge in [-0.1, -0.05) is 18.2 Å². The minimum atomic E-state index is 0.0485. The first kappa shape index (κ1) is 21.4. The van der Waals surface area contributed by atoms with Crippen LogP contribution in [0.2, 0.25) is 0 Å².